The lowest BCUT2D eigenvalue weighted by Crippen LogP contribution is -2.22. The van der Waals surface area contributed by atoms with E-state index in [1.165, 1.54) is 29.1 Å². The van der Waals surface area contributed by atoms with Crippen LogP contribution in [0.3, 0.4) is 0 Å². The van der Waals surface area contributed by atoms with E-state index in [1.807, 2.05) is 0 Å². The third-order valence-electron chi connectivity index (χ3n) is 3.99. The molecule has 0 saturated heterocycles. The van der Waals surface area contributed by atoms with Crippen molar-refractivity contribution in [2.45, 2.75) is 19.0 Å². The minimum Gasteiger partial charge on any atom is -0.406 e. The molecule has 31 heavy (non-hydrogen) atoms. The van der Waals surface area contributed by atoms with Crippen LogP contribution >= 0.6 is 0 Å². The van der Waals surface area contributed by atoms with Gasteiger partial charge in [0, 0.05) is 11.8 Å². The molecule has 13 heteroatoms. The van der Waals surface area contributed by atoms with E-state index in [1.54, 1.807) is 6.07 Å². The summed E-state index contributed by atoms with van der Waals surface area (Å²) in [6.07, 6.45) is -4.89. The molecular formula is C18H16F4N4O4S. The maximum Gasteiger partial charge on any atom is 0.573 e. The number of nitrogens with zero attached hydrogens (tertiary/aromatic N) is 3. The van der Waals surface area contributed by atoms with Gasteiger partial charge in [0.25, 0.3) is 0 Å². The molecule has 166 valence electrons. The number of hydrogen-bond donors (Lipinski definition) is 2. The van der Waals surface area contributed by atoms with Crippen molar-refractivity contribution in [1.82, 2.24) is 14.8 Å². The van der Waals surface area contributed by atoms with E-state index in [0.29, 0.717) is 11.4 Å². The fraction of sp³-hybridized carbons (Fsp3) is 0.222. The number of hydrogen-bond acceptors (Lipinski definition) is 6. The summed E-state index contributed by atoms with van der Waals surface area (Å²) in [6, 6.07) is 8.66. The topological polar surface area (TPSA) is 120 Å². The first-order valence-corrected chi connectivity index (χ1v) is 10.3. The predicted octanol–water partition coefficient (Wildman–Crippen LogP) is 2.35. The number of aromatic nitrogens is 3. The summed E-state index contributed by atoms with van der Waals surface area (Å²) in [5, 5.41) is 19.1. The van der Waals surface area contributed by atoms with Crippen molar-refractivity contribution in [1.29, 1.82) is 0 Å². The molecule has 3 N–H and O–H groups in total. The van der Waals surface area contributed by atoms with E-state index in [9.17, 15) is 31.1 Å². The SMILES string of the molecule is NS(=O)(=O)CC(O)c1cccc(-c2ccn(Cc3cc(OC(F)(F)F)ccc3F)n2)n1. The number of halogens is 4. The normalized spacial score (nSPS) is 13.2. The molecule has 1 atom stereocenters. The van der Waals surface area contributed by atoms with Crippen molar-refractivity contribution in [3.63, 3.8) is 0 Å². The minimum absolute atomic E-state index is 0.0594. The van der Waals surface area contributed by atoms with Gasteiger partial charge in [0.05, 0.1) is 23.7 Å². The van der Waals surface area contributed by atoms with E-state index in [0.717, 1.165) is 18.2 Å². The first kappa shape index (κ1) is 22.7. The first-order chi connectivity index (χ1) is 14.4. The van der Waals surface area contributed by atoms with Gasteiger partial charge in [-0.3, -0.25) is 4.68 Å². The number of benzene rings is 1. The molecule has 0 spiro atoms. The summed E-state index contributed by atoms with van der Waals surface area (Å²) >= 11 is 0. The van der Waals surface area contributed by atoms with Crippen molar-refractivity contribution in [3.05, 3.63) is 65.7 Å². The molecule has 0 aliphatic carbocycles. The largest absolute Gasteiger partial charge is 0.573 e. The van der Waals surface area contributed by atoms with Crippen LogP contribution in [0.15, 0.2) is 48.7 Å². The third-order valence-corrected chi connectivity index (χ3v) is 4.77. The molecule has 3 aromatic rings. The first-order valence-electron chi connectivity index (χ1n) is 8.63. The number of rotatable bonds is 7. The Morgan fingerprint density at radius 3 is 2.58 bits per heavy atom. The van der Waals surface area contributed by atoms with Gasteiger partial charge in [-0.25, -0.2) is 22.9 Å². The zero-order valence-corrected chi connectivity index (χ0v) is 16.4. The molecule has 1 aromatic carbocycles. The number of nitrogens with two attached hydrogens (primary N) is 1. The number of pyridine rings is 1. The van der Waals surface area contributed by atoms with E-state index in [2.05, 4.69) is 14.8 Å². The highest BCUT2D eigenvalue weighted by molar-refractivity contribution is 7.89. The van der Waals surface area contributed by atoms with Crippen LogP contribution in [0.5, 0.6) is 5.75 Å². The van der Waals surface area contributed by atoms with Crippen LogP contribution in [-0.4, -0.2) is 40.4 Å². The van der Waals surface area contributed by atoms with E-state index < -0.39 is 39.8 Å². The van der Waals surface area contributed by atoms with Crippen LogP contribution in [0.1, 0.15) is 17.4 Å². The number of primary sulfonamides is 1. The second kappa shape index (κ2) is 8.61. The Morgan fingerprint density at radius 1 is 1.16 bits per heavy atom. The maximum atomic E-state index is 14.0. The molecule has 2 heterocycles. The molecule has 0 bridgehead atoms. The zero-order chi connectivity index (χ0) is 22.8. The monoisotopic (exact) mass is 460 g/mol. The number of ether oxygens (including phenoxy) is 1. The minimum atomic E-state index is -4.90. The Hall–Kier alpha value is -3.03. The second-order valence-corrected chi connectivity index (χ2v) is 8.15. The molecule has 3 rings (SSSR count). The van der Waals surface area contributed by atoms with Crippen LogP contribution in [0.2, 0.25) is 0 Å². The van der Waals surface area contributed by atoms with Gasteiger partial charge < -0.3 is 9.84 Å². The maximum absolute atomic E-state index is 14.0. The number of sulfonamides is 1. The summed E-state index contributed by atoms with van der Waals surface area (Å²) in [5.74, 6) is -2.01. The van der Waals surface area contributed by atoms with Crippen molar-refractivity contribution in [2.24, 2.45) is 5.14 Å². The summed E-state index contributed by atoms with van der Waals surface area (Å²) in [6.45, 7) is -0.186. The van der Waals surface area contributed by atoms with Crippen LogP contribution < -0.4 is 9.88 Å². The van der Waals surface area contributed by atoms with Gasteiger partial charge in [0.2, 0.25) is 10.0 Å². The number of aliphatic hydroxyl groups is 1. The molecule has 1 unspecified atom stereocenters. The van der Waals surface area contributed by atoms with Crippen molar-refractivity contribution < 1.29 is 35.8 Å². The van der Waals surface area contributed by atoms with Crippen molar-refractivity contribution in [3.8, 4) is 17.1 Å². The van der Waals surface area contributed by atoms with Crippen LogP contribution in [-0.2, 0) is 16.6 Å². The Balaban J connectivity index is 1.80. The van der Waals surface area contributed by atoms with Gasteiger partial charge in [-0.15, -0.1) is 13.2 Å². The molecule has 0 amide bonds. The lowest BCUT2D eigenvalue weighted by atomic mass is 10.2. The summed E-state index contributed by atoms with van der Waals surface area (Å²) in [5.41, 5.74) is 0.581. The Bertz CT molecular complexity index is 1180. The zero-order valence-electron chi connectivity index (χ0n) is 15.6. The Labute approximate surface area is 174 Å². The van der Waals surface area contributed by atoms with E-state index >= 15 is 0 Å². The summed E-state index contributed by atoms with van der Waals surface area (Å²) in [7, 11) is -3.92. The fourth-order valence-electron chi connectivity index (χ4n) is 2.72. The van der Waals surface area contributed by atoms with Gasteiger partial charge in [-0.1, -0.05) is 6.07 Å². The third kappa shape index (κ3) is 6.47. The standard InChI is InChI=1S/C18H16F4N4O4S/c19-13-5-4-12(30-18(20,21)22)8-11(13)9-26-7-6-15(25-26)14-2-1-3-16(24-14)17(27)10-31(23,28)29/h1-8,17,27H,9-10H2,(H2,23,28,29). The lowest BCUT2D eigenvalue weighted by Gasteiger charge is -2.11. The van der Waals surface area contributed by atoms with Gasteiger partial charge in [-0.05, 0) is 36.4 Å². The average Bonchev–Trinajstić information content (AvgIpc) is 3.11. The molecule has 0 radical (unpaired) electrons. The molecule has 8 nitrogen and oxygen atoms in total. The number of alkyl halides is 3. The molecule has 2 aromatic heterocycles. The highest BCUT2D eigenvalue weighted by Crippen LogP contribution is 2.25. The summed E-state index contributed by atoms with van der Waals surface area (Å²) in [4.78, 5) is 4.15. The quantitative estimate of drug-likeness (QED) is 0.523. The van der Waals surface area contributed by atoms with Crippen molar-refractivity contribution in [2.75, 3.05) is 5.75 Å². The highest BCUT2D eigenvalue weighted by atomic mass is 32.2. The van der Waals surface area contributed by atoms with Crippen molar-refractivity contribution >= 4 is 10.0 Å². The van der Waals surface area contributed by atoms with Crippen LogP contribution in [0.25, 0.3) is 11.4 Å². The lowest BCUT2D eigenvalue weighted by molar-refractivity contribution is -0.274. The smallest absolute Gasteiger partial charge is 0.406 e. The molecule has 0 aliphatic heterocycles. The Kier molecular flexibility index (Phi) is 6.29. The summed E-state index contributed by atoms with van der Waals surface area (Å²) < 4.78 is 78.5. The fourth-order valence-corrected chi connectivity index (χ4v) is 3.33. The van der Waals surface area contributed by atoms with Gasteiger partial charge in [-0.2, -0.15) is 5.10 Å². The van der Waals surface area contributed by atoms with Gasteiger partial charge >= 0.3 is 6.36 Å². The molecular weight excluding hydrogens is 444 g/mol. The van der Waals surface area contributed by atoms with E-state index in [4.69, 9.17) is 5.14 Å². The molecule has 0 fully saturated rings. The van der Waals surface area contributed by atoms with Crippen LogP contribution in [0, 0.1) is 5.82 Å². The average molecular weight is 460 g/mol. The predicted molar refractivity (Wildman–Crippen MR) is 101 cm³/mol. The van der Waals surface area contributed by atoms with Gasteiger partial charge in [0.15, 0.2) is 0 Å². The number of aliphatic hydroxyl groups excluding tert-OH is 1. The van der Waals surface area contributed by atoms with Gasteiger partial charge in [0.1, 0.15) is 23.4 Å². The molecule has 0 saturated carbocycles. The highest BCUT2D eigenvalue weighted by Gasteiger charge is 2.31. The van der Waals surface area contributed by atoms with E-state index in [-0.39, 0.29) is 17.8 Å². The second-order valence-electron chi connectivity index (χ2n) is 6.49. The van der Waals surface area contributed by atoms with Crippen LogP contribution in [0.4, 0.5) is 17.6 Å². The molecule has 0 aliphatic rings. The Morgan fingerprint density at radius 2 is 1.90 bits per heavy atom.